The van der Waals surface area contributed by atoms with Crippen LogP contribution in [0.4, 0.5) is 4.39 Å². The third kappa shape index (κ3) is 3.88. The molecule has 1 atom stereocenters. The van der Waals surface area contributed by atoms with E-state index in [0.717, 1.165) is 31.7 Å². The minimum atomic E-state index is -0.636. The van der Waals surface area contributed by atoms with Gasteiger partial charge in [-0.15, -0.1) is 11.3 Å². The first-order valence-corrected chi connectivity index (χ1v) is 9.39. The molecule has 5 nitrogen and oxygen atoms in total. The number of hydrogen-bond acceptors (Lipinski definition) is 4. The summed E-state index contributed by atoms with van der Waals surface area (Å²) in [5, 5.41) is 0. The number of carbonyl (C=O) groups excluding carboxylic acids is 2. The van der Waals surface area contributed by atoms with Crippen LogP contribution in [0.2, 0.25) is 0 Å². The van der Waals surface area contributed by atoms with Crippen LogP contribution in [0.3, 0.4) is 0 Å². The van der Waals surface area contributed by atoms with Crippen LogP contribution in [0.15, 0.2) is 24.3 Å². The Morgan fingerprint density at radius 2 is 2.04 bits per heavy atom. The molecule has 138 valence electrons. The monoisotopic (exact) mass is 376 g/mol. The molecule has 2 N–H and O–H groups in total. The summed E-state index contributed by atoms with van der Waals surface area (Å²) in [7, 11) is 1.35. The van der Waals surface area contributed by atoms with E-state index in [9.17, 15) is 14.0 Å². The fourth-order valence-corrected chi connectivity index (χ4v) is 4.22. The van der Waals surface area contributed by atoms with Gasteiger partial charge in [0.05, 0.1) is 12.0 Å². The minimum absolute atomic E-state index is 0.0557. The number of amides is 2. The van der Waals surface area contributed by atoms with Crippen molar-refractivity contribution < 1.29 is 18.7 Å². The lowest BCUT2D eigenvalue weighted by Crippen LogP contribution is -2.41. The summed E-state index contributed by atoms with van der Waals surface area (Å²) >= 11 is 1.47. The number of rotatable bonds is 4. The van der Waals surface area contributed by atoms with Gasteiger partial charge in [0.15, 0.2) is 11.6 Å². The maximum atomic E-state index is 13.7. The standard InChI is InChI=1S/C19H21FN2O3S/c1-3-11-4-7-16-13(8-11)10-17(26-16)19(24)22-21-18(23)12-5-6-15(25-2)14(20)9-12/h5-6,9-11H,3-4,7-8H2,1-2H3,(H,21,23)(H,22,24)/t11-/m1/s1. The van der Waals surface area contributed by atoms with Crippen molar-refractivity contribution in [2.24, 2.45) is 5.92 Å². The number of benzene rings is 1. The minimum Gasteiger partial charge on any atom is -0.494 e. The first kappa shape index (κ1) is 18.4. The van der Waals surface area contributed by atoms with Crippen molar-refractivity contribution in [3.05, 3.63) is 51.0 Å². The van der Waals surface area contributed by atoms with Crippen LogP contribution in [0.25, 0.3) is 0 Å². The SMILES string of the molecule is CC[C@@H]1CCc2sc(C(=O)NNC(=O)c3ccc(OC)c(F)c3)cc2C1. The number of aryl methyl sites for hydroxylation is 1. The maximum absolute atomic E-state index is 13.7. The first-order valence-electron chi connectivity index (χ1n) is 8.57. The van der Waals surface area contributed by atoms with Crippen LogP contribution in [0.1, 0.15) is 50.2 Å². The Morgan fingerprint density at radius 3 is 2.73 bits per heavy atom. The first-order chi connectivity index (χ1) is 12.5. The topological polar surface area (TPSA) is 67.4 Å². The van der Waals surface area contributed by atoms with Gasteiger partial charge in [-0.05, 0) is 55.0 Å². The molecule has 7 heteroatoms. The van der Waals surface area contributed by atoms with Crippen molar-refractivity contribution in [2.45, 2.75) is 32.6 Å². The highest BCUT2D eigenvalue weighted by molar-refractivity contribution is 7.14. The Balaban J connectivity index is 1.61. The molecule has 1 aliphatic rings. The zero-order valence-electron chi connectivity index (χ0n) is 14.7. The highest BCUT2D eigenvalue weighted by atomic mass is 32.1. The number of halogens is 1. The van der Waals surface area contributed by atoms with Crippen molar-refractivity contribution in [3.63, 3.8) is 0 Å². The van der Waals surface area contributed by atoms with Gasteiger partial charge in [0.1, 0.15) is 0 Å². The second-order valence-electron chi connectivity index (χ2n) is 6.33. The number of nitrogens with one attached hydrogen (secondary N) is 2. The number of ether oxygens (including phenoxy) is 1. The zero-order valence-corrected chi connectivity index (χ0v) is 15.5. The van der Waals surface area contributed by atoms with E-state index < -0.39 is 11.7 Å². The average molecular weight is 376 g/mol. The molecule has 3 rings (SSSR count). The molecule has 1 aromatic heterocycles. The van der Waals surface area contributed by atoms with Gasteiger partial charge < -0.3 is 4.74 Å². The van der Waals surface area contributed by atoms with Gasteiger partial charge in [-0.2, -0.15) is 0 Å². The molecule has 2 amide bonds. The third-order valence-corrected chi connectivity index (χ3v) is 5.93. The van der Waals surface area contributed by atoms with Gasteiger partial charge in [-0.1, -0.05) is 13.3 Å². The Bertz CT molecular complexity index is 834. The molecule has 1 aliphatic carbocycles. The molecule has 0 saturated carbocycles. The summed E-state index contributed by atoms with van der Waals surface area (Å²) < 4.78 is 18.5. The van der Waals surface area contributed by atoms with E-state index in [1.165, 1.54) is 41.0 Å². The maximum Gasteiger partial charge on any atom is 0.279 e. The number of methoxy groups -OCH3 is 1. The highest BCUT2D eigenvalue weighted by Gasteiger charge is 2.22. The molecular weight excluding hydrogens is 355 g/mol. The van der Waals surface area contributed by atoms with E-state index in [1.54, 1.807) is 0 Å². The number of hydrogen-bond donors (Lipinski definition) is 2. The summed E-state index contributed by atoms with van der Waals surface area (Å²) in [5.41, 5.74) is 6.06. The average Bonchev–Trinajstić information content (AvgIpc) is 3.08. The summed E-state index contributed by atoms with van der Waals surface area (Å²) in [6.07, 6.45) is 4.31. The normalized spacial score (nSPS) is 15.9. The van der Waals surface area contributed by atoms with Gasteiger partial charge >= 0.3 is 0 Å². The molecule has 1 heterocycles. The molecule has 0 saturated heterocycles. The Labute approximate surface area is 155 Å². The predicted octanol–water partition coefficient (Wildman–Crippen LogP) is 3.49. The second-order valence-corrected chi connectivity index (χ2v) is 7.47. The zero-order chi connectivity index (χ0) is 18.7. The molecule has 2 aromatic rings. The van der Waals surface area contributed by atoms with E-state index in [1.807, 2.05) is 6.07 Å². The molecule has 0 bridgehead atoms. The van der Waals surface area contributed by atoms with Crippen LogP contribution in [-0.4, -0.2) is 18.9 Å². The number of thiophene rings is 1. The lowest BCUT2D eigenvalue weighted by molar-refractivity contribution is 0.0848. The number of carbonyl (C=O) groups is 2. The fraction of sp³-hybridized carbons (Fsp3) is 0.368. The van der Waals surface area contributed by atoms with E-state index in [2.05, 4.69) is 17.8 Å². The lowest BCUT2D eigenvalue weighted by Gasteiger charge is -2.19. The van der Waals surface area contributed by atoms with Crippen LogP contribution in [0, 0.1) is 11.7 Å². The molecule has 1 aromatic carbocycles. The summed E-state index contributed by atoms with van der Waals surface area (Å²) in [6.45, 7) is 2.19. The fourth-order valence-electron chi connectivity index (χ4n) is 3.11. The summed E-state index contributed by atoms with van der Waals surface area (Å²) in [4.78, 5) is 26.2. The number of hydrazine groups is 1. The summed E-state index contributed by atoms with van der Waals surface area (Å²) in [6, 6.07) is 5.77. The van der Waals surface area contributed by atoms with Gasteiger partial charge in [0, 0.05) is 10.4 Å². The van der Waals surface area contributed by atoms with E-state index >= 15 is 0 Å². The highest BCUT2D eigenvalue weighted by Crippen LogP contribution is 2.33. The molecule has 0 unspecified atom stereocenters. The van der Waals surface area contributed by atoms with Crippen LogP contribution >= 0.6 is 11.3 Å². The van der Waals surface area contributed by atoms with Crippen molar-refractivity contribution in [1.29, 1.82) is 0 Å². The van der Waals surface area contributed by atoms with E-state index in [-0.39, 0.29) is 17.2 Å². The van der Waals surface area contributed by atoms with Crippen molar-refractivity contribution >= 4 is 23.2 Å². The lowest BCUT2D eigenvalue weighted by atomic mass is 9.87. The van der Waals surface area contributed by atoms with Gasteiger partial charge in [-0.3, -0.25) is 20.4 Å². The second kappa shape index (κ2) is 7.86. The Hall–Kier alpha value is -2.41. The smallest absolute Gasteiger partial charge is 0.279 e. The van der Waals surface area contributed by atoms with Crippen LogP contribution in [0.5, 0.6) is 5.75 Å². The van der Waals surface area contributed by atoms with Crippen molar-refractivity contribution in [1.82, 2.24) is 10.9 Å². The molecule has 0 spiro atoms. The Morgan fingerprint density at radius 1 is 1.27 bits per heavy atom. The van der Waals surface area contributed by atoms with Crippen molar-refractivity contribution in [2.75, 3.05) is 7.11 Å². The summed E-state index contributed by atoms with van der Waals surface area (Å²) in [5.74, 6) is -0.854. The molecule has 26 heavy (non-hydrogen) atoms. The molecular formula is C19H21FN2O3S. The van der Waals surface area contributed by atoms with Crippen LogP contribution in [-0.2, 0) is 12.8 Å². The van der Waals surface area contributed by atoms with Crippen LogP contribution < -0.4 is 15.6 Å². The van der Waals surface area contributed by atoms with Gasteiger partial charge in [0.25, 0.3) is 11.8 Å². The Kier molecular flexibility index (Phi) is 5.56. The van der Waals surface area contributed by atoms with E-state index in [0.29, 0.717) is 10.8 Å². The van der Waals surface area contributed by atoms with E-state index in [4.69, 9.17) is 4.74 Å². The van der Waals surface area contributed by atoms with Crippen molar-refractivity contribution in [3.8, 4) is 5.75 Å². The largest absolute Gasteiger partial charge is 0.494 e. The number of fused-ring (bicyclic) bond motifs is 1. The molecule has 0 radical (unpaired) electrons. The predicted molar refractivity (Wildman–Crippen MR) is 98.0 cm³/mol. The molecule has 0 aliphatic heterocycles. The quantitative estimate of drug-likeness (QED) is 0.803. The van der Waals surface area contributed by atoms with Gasteiger partial charge in [-0.25, -0.2) is 4.39 Å². The van der Waals surface area contributed by atoms with Gasteiger partial charge in [0.2, 0.25) is 0 Å². The third-order valence-electron chi connectivity index (χ3n) is 4.69. The molecule has 0 fully saturated rings.